The van der Waals surface area contributed by atoms with Gasteiger partial charge in [0.25, 0.3) is 0 Å². The van der Waals surface area contributed by atoms with Gasteiger partial charge in [-0.25, -0.2) is 19.9 Å². The topological polar surface area (TPSA) is 77.3 Å². The van der Waals surface area contributed by atoms with Crippen LogP contribution in [0.1, 0.15) is 0 Å². The molecule has 4 heterocycles. The highest BCUT2D eigenvalue weighted by Crippen LogP contribution is 2.47. The van der Waals surface area contributed by atoms with E-state index in [1.54, 1.807) is 12.4 Å². The van der Waals surface area contributed by atoms with Gasteiger partial charge in [0.1, 0.15) is 0 Å². The quantitative estimate of drug-likeness (QED) is 0.113. The van der Waals surface area contributed by atoms with Crippen LogP contribution in [-0.4, -0.2) is 29.9 Å². The monoisotopic (exact) mass is 1370 g/mol. The molecule has 0 bridgehead atoms. The first-order chi connectivity index (χ1) is 53.5. The molecular formula is C102H66N6. The molecule has 6 nitrogen and oxygen atoms in total. The van der Waals surface area contributed by atoms with E-state index in [0.717, 1.165) is 89.5 Å². The first-order valence-corrected chi connectivity index (χ1v) is 36.5. The highest BCUT2D eigenvalue weighted by Gasteiger charge is 2.22. The molecule has 0 spiro atoms. The largest absolute Gasteiger partial charge is 0.264 e. The predicted molar refractivity (Wildman–Crippen MR) is 450 cm³/mol. The van der Waals surface area contributed by atoms with Crippen LogP contribution in [0, 0.1) is 0 Å². The van der Waals surface area contributed by atoms with Crippen LogP contribution in [0.25, 0.3) is 199 Å². The fourth-order valence-electron chi connectivity index (χ4n) is 15.6. The van der Waals surface area contributed by atoms with Crippen LogP contribution in [0.2, 0.25) is 0 Å². The minimum absolute atomic E-state index is 0.674. The van der Waals surface area contributed by atoms with Gasteiger partial charge in [-0.05, 0) is 175 Å². The summed E-state index contributed by atoms with van der Waals surface area (Å²) in [5, 5.41) is 14.5. The van der Waals surface area contributed by atoms with E-state index in [2.05, 4.69) is 374 Å². The average Bonchev–Trinajstić information content (AvgIpc) is 0.739. The summed E-state index contributed by atoms with van der Waals surface area (Å²) in [6, 6.07) is 133. The highest BCUT2D eigenvalue weighted by molar-refractivity contribution is 6.23. The Morgan fingerprint density at radius 1 is 0.157 bits per heavy atom. The fraction of sp³-hybridized carbons (Fsp3) is 0. The van der Waals surface area contributed by atoms with E-state index in [1.165, 1.54) is 98.0 Å². The summed E-state index contributed by atoms with van der Waals surface area (Å²) in [5.41, 5.74) is 23.4. The standard InChI is InChI=1S/2C51H33N3/c1-2-14-35(15-3-1)49-43-22-6-8-24-45(43)50(46-25-9-7-23-44(46)49)40-19-11-20-41(31-40)51-53-47(38-18-10-17-37(30-38)42-21-12-28-52-33-42)32-48(54-51)39-27-26-34-13-4-5-16-36(34)29-39;1-2-15-35(16-3-1)49-43-23-8-10-25-45(43)50(46-26-11-9-24-44(46)49)38-18-12-19-39(31-38)51-53-47(37-28-27-34-14-4-5-17-36(34)30-37)32-48(54-51)42-22-7-6-21-41(42)40-20-13-29-52-33-40/h2*1-33H. The van der Waals surface area contributed by atoms with Crippen molar-refractivity contribution in [1.82, 2.24) is 29.9 Å². The molecule has 20 aromatic rings. The molecule has 0 N–H and O–H groups in total. The summed E-state index contributed by atoms with van der Waals surface area (Å²) in [6.45, 7) is 0. The van der Waals surface area contributed by atoms with Crippen molar-refractivity contribution in [2.75, 3.05) is 0 Å². The molecule has 0 saturated carbocycles. The molecule has 0 fully saturated rings. The van der Waals surface area contributed by atoms with Gasteiger partial charge in [0.05, 0.1) is 22.8 Å². The van der Waals surface area contributed by atoms with Crippen molar-refractivity contribution >= 4 is 64.6 Å². The second kappa shape index (κ2) is 28.3. The van der Waals surface area contributed by atoms with Crippen LogP contribution in [0.5, 0.6) is 0 Å². The van der Waals surface area contributed by atoms with Crippen molar-refractivity contribution in [1.29, 1.82) is 0 Å². The Balaban J connectivity index is 0.000000147. The van der Waals surface area contributed by atoms with Crippen molar-refractivity contribution in [3.63, 3.8) is 0 Å². The maximum Gasteiger partial charge on any atom is 0.160 e. The molecule has 4 aromatic heterocycles. The maximum absolute atomic E-state index is 5.33. The normalized spacial score (nSPS) is 11.3. The van der Waals surface area contributed by atoms with Gasteiger partial charge < -0.3 is 0 Å². The minimum Gasteiger partial charge on any atom is -0.264 e. The van der Waals surface area contributed by atoms with Crippen molar-refractivity contribution in [2.45, 2.75) is 0 Å². The van der Waals surface area contributed by atoms with Gasteiger partial charge in [-0.2, -0.15) is 0 Å². The van der Waals surface area contributed by atoms with Gasteiger partial charge >= 0.3 is 0 Å². The maximum atomic E-state index is 5.33. The number of pyridine rings is 2. The molecule has 0 aliphatic rings. The minimum atomic E-state index is 0.674. The summed E-state index contributed by atoms with van der Waals surface area (Å²) in [4.78, 5) is 30.0. The van der Waals surface area contributed by atoms with Crippen LogP contribution in [0.15, 0.2) is 401 Å². The van der Waals surface area contributed by atoms with Crippen molar-refractivity contribution in [2.24, 2.45) is 0 Å². The van der Waals surface area contributed by atoms with E-state index in [0.29, 0.717) is 11.6 Å². The number of fused-ring (bicyclic) bond motifs is 6. The summed E-state index contributed by atoms with van der Waals surface area (Å²) >= 11 is 0. The van der Waals surface area contributed by atoms with Crippen molar-refractivity contribution in [3.05, 3.63) is 401 Å². The molecule has 0 amide bonds. The zero-order valence-electron chi connectivity index (χ0n) is 58.8. The molecule has 108 heavy (non-hydrogen) atoms. The van der Waals surface area contributed by atoms with Gasteiger partial charge in [-0.3, -0.25) is 9.97 Å². The summed E-state index contributed by atoms with van der Waals surface area (Å²) < 4.78 is 0. The molecule has 16 aromatic carbocycles. The van der Waals surface area contributed by atoms with Crippen LogP contribution in [0.3, 0.4) is 0 Å². The third-order valence-electron chi connectivity index (χ3n) is 20.7. The molecule has 20 rings (SSSR count). The number of hydrogen-bond acceptors (Lipinski definition) is 6. The Hall–Kier alpha value is -14.5. The number of hydrogen-bond donors (Lipinski definition) is 0. The Labute approximate surface area is 626 Å². The average molecular weight is 1380 g/mol. The third kappa shape index (κ3) is 12.3. The Morgan fingerprint density at radius 3 is 0.898 bits per heavy atom. The van der Waals surface area contributed by atoms with Gasteiger partial charge in [0.15, 0.2) is 11.6 Å². The smallest absolute Gasteiger partial charge is 0.160 e. The van der Waals surface area contributed by atoms with E-state index < -0.39 is 0 Å². The summed E-state index contributed by atoms with van der Waals surface area (Å²) in [6.07, 6.45) is 7.42. The number of aromatic nitrogens is 6. The second-order valence-corrected chi connectivity index (χ2v) is 27.2. The van der Waals surface area contributed by atoms with E-state index >= 15 is 0 Å². The first kappa shape index (κ1) is 64.4. The van der Waals surface area contributed by atoms with E-state index in [9.17, 15) is 0 Å². The highest BCUT2D eigenvalue weighted by atomic mass is 14.9. The van der Waals surface area contributed by atoms with Gasteiger partial charge in [-0.15, -0.1) is 0 Å². The molecule has 0 radical (unpaired) electrons. The first-order valence-electron chi connectivity index (χ1n) is 36.5. The fourth-order valence-corrected chi connectivity index (χ4v) is 15.6. The van der Waals surface area contributed by atoms with Crippen molar-refractivity contribution < 1.29 is 0 Å². The molecule has 6 heteroatoms. The third-order valence-corrected chi connectivity index (χ3v) is 20.7. The van der Waals surface area contributed by atoms with E-state index in [1.807, 2.05) is 24.5 Å². The van der Waals surface area contributed by atoms with Crippen LogP contribution >= 0.6 is 0 Å². The second-order valence-electron chi connectivity index (χ2n) is 27.2. The lowest BCUT2D eigenvalue weighted by Crippen LogP contribution is -1.97. The lowest BCUT2D eigenvalue weighted by atomic mass is 9.85. The Bertz CT molecular complexity index is 6690. The number of nitrogens with zero attached hydrogens (tertiary/aromatic N) is 6. The molecular weight excluding hydrogens is 1310 g/mol. The summed E-state index contributed by atoms with van der Waals surface area (Å²) in [7, 11) is 0. The molecule has 0 saturated heterocycles. The van der Waals surface area contributed by atoms with Gasteiger partial charge in [0, 0.05) is 69.3 Å². The SMILES string of the molecule is c1ccc(-c2c3ccccc3c(-c3cccc(-c4nc(-c5ccc6ccccc6c5)cc(-c5ccccc5-c5cccnc5)n4)c3)c3ccccc23)cc1.c1ccc(-c2c3ccccc3c(-c3cccc(-c4nc(-c5cccc(-c6cccnc6)c5)cc(-c5ccc6ccccc6c5)n4)c3)c3ccccc23)cc1. The molecule has 0 atom stereocenters. The van der Waals surface area contributed by atoms with E-state index in [4.69, 9.17) is 19.9 Å². The molecule has 0 aliphatic carbocycles. The van der Waals surface area contributed by atoms with Crippen LogP contribution < -0.4 is 0 Å². The van der Waals surface area contributed by atoms with Crippen LogP contribution in [-0.2, 0) is 0 Å². The zero-order valence-corrected chi connectivity index (χ0v) is 58.8. The van der Waals surface area contributed by atoms with E-state index in [-0.39, 0.29) is 0 Å². The van der Waals surface area contributed by atoms with Gasteiger partial charge in [-0.1, -0.05) is 322 Å². The Morgan fingerprint density at radius 2 is 0.463 bits per heavy atom. The lowest BCUT2D eigenvalue weighted by molar-refractivity contribution is 1.18. The molecule has 0 unspecified atom stereocenters. The zero-order chi connectivity index (χ0) is 71.7. The lowest BCUT2D eigenvalue weighted by Gasteiger charge is -2.18. The molecule has 0 aliphatic heterocycles. The van der Waals surface area contributed by atoms with Gasteiger partial charge in [0.2, 0.25) is 0 Å². The Kier molecular flexibility index (Phi) is 16.9. The number of rotatable bonds is 12. The number of benzene rings is 16. The van der Waals surface area contributed by atoms with Crippen LogP contribution in [0.4, 0.5) is 0 Å². The summed E-state index contributed by atoms with van der Waals surface area (Å²) in [5.74, 6) is 1.35. The van der Waals surface area contributed by atoms with Crippen molar-refractivity contribution in [3.8, 4) is 135 Å². The molecule has 504 valence electrons. The predicted octanol–water partition coefficient (Wildman–Crippen LogP) is 26.7.